The molecule has 0 unspecified atom stereocenters. The molecular formula is C22H28N4O. The van der Waals surface area contributed by atoms with Crippen molar-refractivity contribution in [1.82, 2.24) is 19.2 Å². The number of aromatic amines is 1. The number of fused-ring (bicyclic) bond motifs is 3. The normalized spacial score (nSPS) is 20.6. The Morgan fingerprint density at radius 3 is 2.59 bits per heavy atom. The van der Waals surface area contributed by atoms with E-state index in [1.165, 1.54) is 50.8 Å². The Morgan fingerprint density at radius 1 is 1.00 bits per heavy atom. The number of nitrogens with one attached hydrogen (secondary N) is 1. The number of para-hydroxylation sites is 1. The van der Waals surface area contributed by atoms with E-state index in [-0.39, 0.29) is 5.56 Å². The summed E-state index contributed by atoms with van der Waals surface area (Å²) in [5.74, 6) is 0. The van der Waals surface area contributed by atoms with Crippen LogP contribution in [0.4, 0.5) is 0 Å². The summed E-state index contributed by atoms with van der Waals surface area (Å²) in [7, 11) is 0. The van der Waals surface area contributed by atoms with Gasteiger partial charge in [-0.25, -0.2) is 0 Å². The number of nitrogens with zero attached hydrogens (tertiary/aromatic N) is 3. The molecule has 0 atom stereocenters. The molecule has 1 aromatic carbocycles. The highest BCUT2D eigenvalue weighted by atomic mass is 16.1. The number of benzene rings is 1. The topological polar surface area (TPSA) is 43.8 Å². The van der Waals surface area contributed by atoms with E-state index in [9.17, 15) is 4.79 Å². The predicted octanol–water partition coefficient (Wildman–Crippen LogP) is 3.23. The van der Waals surface area contributed by atoms with Crippen LogP contribution >= 0.6 is 0 Å². The van der Waals surface area contributed by atoms with Crippen LogP contribution in [0.3, 0.4) is 0 Å². The lowest BCUT2D eigenvalue weighted by Crippen LogP contribution is -2.50. The van der Waals surface area contributed by atoms with Crippen LogP contribution in [0.15, 0.2) is 41.3 Å². The molecule has 5 rings (SSSR count). The summed E-state index contributed by atoms with van der Waals surface area (Å²) in [5.41, 5.74) is 3.12. The second kappa shape index (κ2) is 7.13. The lowest BCUT2D eigenvalue weighted by molar-refractivity contribution is 0.0755. The van der Waals surface area contributed by atoms with E-state index in [1.54, 1.807) is 0 Å². The summed E-state index contributed by atoms with van der Waals surface area (Å²) in [6, 6.07) is 10.8. The van der Waals surface area contributed by atoms with E-state index in [4.69, 9.17) is 0 Å². The van der Waals surface area contributed by atoms with Crippen LogP contribution in [0.5, 0.6) is 0 Å². The summed E-state index contributed by atoms with van der Waals surface area (Å²) in [6.45, 7) is 5.62. The number of aromatic nitrogens is 2. The smallest absolute Gasteiger partial charge is 0.258 e. The number of H-pyrrole nitrogens is 1. The van der Waals surface area contributed by atoms with Gasteiger partial charge < -0.3 is 9.38 Å². The van der Waals surface area contributed by atoms with Crippen molar-refractivity contribution in [2.75, 3.05) is 26.2 Å². The van der Waals surface area contributed by atoms with Gasteiger partial charge in [0.05, 0.1) is 10.9 Å². The van der Waals surface area contributed by atoms with Gasteiger partial charge in [-0.2, -0.15) is 0 Å². The van der Waals surface area contributed by atoms with Gasteiger partial charge >= 0.3 is 0 Å². The molecule has 5 heteroatoms. The molecule has 142 valence electrons. The van der Waals surface area contributed by atoms with Gasteiger partial charge in [0.15, 0.2) is 0 Å². The molecule has 2 aromatic heterocycles. The van der Waals surface area contributed by atoms with Crippen LogP contribution < -0.4 is 5.56 Å². The summed E-state index contributed by atoms with van der Waals surface area (Å²) >= 11 is 0. The predicted molar refractivity (Wildman–Crippen MR) is 109 cm³/mol. The Morgan fingerprint density at radius 2 is 1.78 bits per heavy atom. The highest BCUT2D eigenvalue weighted by molar-refractivity contribution is 5.80. The minimum atomic E-state index is -0.0103. The van der Waals surface area contributed by atoms with Gasteiger partial charge in [0.1, 0.15) is 5.65 Å². The van der Waals surface area contributed by atoms with E-state index in [1.807, 2.05) is 24.3 Å². The monoisotopic (exact) mass is 364 g/mol. The number of rotatable bonds is 3. The summed E-state index contributed by atoms with van der Waals surface area (Å²) in [6.07, 6.45) is 9.22. The van der Waals surface area contributed by atoms with Gasteiger partial charge in [0.2, 0.25) is 0 Å². The molecule has 0 bridgehead atoms. The first-order valence-corrected chi connectivity index (χ1v) is 10.4. The maximum absolute atomic E-state index is 12.3. The minimum Gasteiger partial charge on any atom is -0.308 e. The fourth-order valence-corrected chi connectivity index (χ4v) is 4.95. The average molecular weight is 364 g/mol. The molecule has 5 nitrogen and oxygen atoms in total. The van der Waals surface area contributed by atoms with Gasteiger partial charge in [-0.1, -0.05) is 31.4 Å². The lowest BCUT2D eigenvalue weighted by Gasteiger charge is -2.40. The Labute approximate surface area is 159 Å². The highest BCUT2D eigenvalue weighted by Crippen LogP contribution is 2.24. The van der Waals surface area contributed by atoms with Crippen molar-refractivity contribution in [1.29, 1.82) is 0 Å². The molecule has 2 aliphatic rings. The van der Waals surface area contributed by atoms with E-state index in [0.29, 0.717) is 0 Å². The zero-order valence-corrected chi connectivity index (χ0v) is 15.9. The largest absolute Gasteiger partial charge is 0.308 e. The molecule has 0 radical (unpaired) electrons. The standard InChI is InChI=1S/C22H28N4O/c27-22-19-8-4-5-9-20(19)26-16-17(14-21(26)23-22)15-24-10-12-25(13-11-24)18-6-2-1-3-7-18/h4-5,8-9,14,16,18H,1-3,6-7,10-13,15H2,(H,23,27). The van der Waals surface area contributed by atoms with Crippen LogP contribution in [-0.4, -0.2) is 51.4 Å². The van der Waals surface area contributed by atoms with Gasteiger partial charge in [-0.05, 0) is 36.6 Å². The quantitative estimate of drug-likeness (QED) is 0.776. The zero-order valence-electron chi connectivity index (χ0n) is 15.9. The fourth-order valence-electron chi connectivity index (χ4n) is 4.95. The Kier molecular flexibility index (Phi) is 4.50. The first-order valence-electron chi connectivity index (χ1n) is 10.4. The van der Waals surface area contributed by atoms with Gasteiger partial charge in [-0.15, -0.1) is 0 Å². The van der Waals surface area contributed by atoms with Gasteiger partial charge in [-0.3, -0.25) is 14.6 Å². The Hall–Kier alpha value is -2.11. The molecule has 3 heterocycles. The van der Waals surface area contributed by atoms with Crippen molar-refractivity contribution in [2.45, 2.75) is 44.7 Å². The molecule has 0 amide bonds. The minimum absolute atomic E-state index is 0.0103. The van der Waals surface area contributed by atoms with Crippen LogP contribution in [0.25, 0.3) is 16.6 Å². The van der Waals surface area contributed by atoms with E-state index >= 15 is 0 Å². The molecule has 1 saturated carbocycles. The highest BCUT2D eigenvalue weighted by Gasteiger charge is 2.25. The van der Waals surface area contributed by atoms with E-state index in [2.05, 4.69) is 31.4 Å². The lowest BCUT2D eigenvalue weighted by atomic mass is 9.94. The summed E-state index contributed by atoms with van der Waals surface area (Å²) in [5, 5.41) is 0.744. The molecule has 1 saturated heterocycles. The van der Waals surface area contributed by atoms with Crippen LogP contribution in [0.2, 0.25) is 0 Å². The van der Waals surface area contributed by atoms with E-state index in [0.717, 1.165) is 42.2 Å². The van der Waals surface area contributed by atoms with Crippen molar-refractivity contribution in [2.24, 2.45) is 0 Å². The molecular weight excluding hydrogens is 336 g/mol. The molecule has 1 N–H and O–H groups in total. The second-order valence-corrected chi connectivity index (χ2v) is 8.18. The molecule has 1 aliphatic carbocycles. The van der Waals surface area contributed by atoms with Crippen molar-refractivity contribution in [3.05, 3.63) is 52.4 Å². The third-order valence-electron chi connectivity index (χ3n) is 6.43. The summed E-state index contributed by atoms with van der Waals surface area (Å²) in [4.78, 5) is 20.6. The van der Waals surface area contributed by atoms with Crippen molar-refractivity contribution in [3.8, 4) is 0 Å². The molecule has 1 aliphatic heterocycles. The van der Waals surface area contributed by atoms with Crippen molar-refractivity contribution < 1.29 is 0 Å². The summed E-state index contributed by atoms with van der Waals surface area (Å²) < 4.78 is 2.12. The zero-order chi connectivity index (χ0) is 18.2. The molecule has 27 heavy (non-hydrogen) atoms. The maximum Gasteiger partial charge on any atom is 0.258 e. The second-order valence-electron chi connectivity index (χ2n) is 8.18. The molecule has 3 aromatic rings. The fraction of sp³-hybridized carbons (Fsp3) is 0.500. The first-order chi connectivity index (χ1) is 13.3. The molecule has 2 fully saturated rings. The first kappa shape index (κ1) is 17.0. The average Bonchev–Trinajstić information content (AvgIpc) is 3.12. The van der Waals surface area contributed by atoms with Gasteiger partial charge in [0.25, 0.3) is 5.56 Å². The third kappa shape index (κ3) is 3.30. The van der Waals surface area contributed by atoms with Crippen LogP contribution in [-0.2, 0) is 6.54 Å². The molecule has 0 spiro atoms. The Bertz CT molecular complexity index is 990. The van der Waals surface area contributed by atoms with Crippen molar-refractivity contribution in [3.63, 3.8) is 0 Å². The SMILES string of the molecule is O=c1[nH]c2cc(CN3CCN(C4CCCCC4)CC3)cn2c2ccccc12. The Balaban J connectivity index is 1.31. The number of hydrogen-bond donors (Lipinski definition) is 1. The van der Waals surface area contributed by atoms with E-state index < -0.39 is 0 Å². The third-order valence-corrected chi connectivity index (χ3v) is 6.43. The van der Waals surface area contributed by atoms with Crippen LogP contribution in [0.1, 0.15) is 37.7 Å². The van der Waals surface area contributed by atoms with Gasteiger partial charge in [0, 0.05) is 45.0 Å². The van der Waals surface area contributed by atoms with Crippen LogP contribution in [0, 0.1) is 0 Å². The number of piperazine rings is 1. The maximum atomic E-state index is 12.3. The van der Waals surface area contributed by atoms with Crippen molar-refractivity contribution >= 4 is 16.6 Å². The number of hydrogen-bond acceptors (Lipinski definition) is 3.